The summed E-state index contributed by atoms with van der Waals surface area (Å²) in [5, 5.41) is 3.10. The van der Waals surface area contributed by atoms with Gasteiger partial charge in [0.1, 0.15) is 5.78 Å². The van der Waals surface area contributed by atoms with E-state index in [1.54, 1.807) is 0 Å². The highest BCUT2D eigenvalue weighted by Gasteiger charge is 2.57. The van der Waals surface area contributed by atoms with E-state index in [1.165, 1.54) is 57.8 Å². The number of ketones is 1. The highest BCUT2D eigenvalue weighted by Crippen LogP contribution is 2.54. The highest BCUT2D eigenvalue weighted by atomic mass is 16.2. The Morgan fingerprint density at radius 3 is 2.31 bits per heavy atom. The summed E-state index contributed by atoms with van der Waals surface area (Å²) in [6.45, 7) is 13.1. The summed E-state index contributed by atoms with van der Waals surface area (Å²) in [6, 6.07) is 0.196. The van der Waals surface area contributed by atoms with Crippen molar-refractivity contribution in [2.75, 3.05) is 13.1 Å². The molecule has 1 heterocycles. The highest BCUT2D eigenvalue weighted by molar-refractivity contribution is 5.78. The monoisotopic (exact) mass is 406 g/mol. The molecule has 3 aliphatic rings. The van der Waals surface area contributed by atoms with Gasteiger partial charge in [0.15, 0.2) is 0 Å². The molecule has 2 aliphatic carbocycles. The lowest BCUT2D eigenvalue weighted by Gasteiger charge is -2.55. The number of rotatable bonds is 11. The van der Waals surface area contributed by atoms with E-state index >= 15 is 0 Å². The fraction of sp³-hybridized carbons (Fsp3) is 0.920. The number of nitrogens with one attached hydrogen (secondary N) is 1. The molecule has 4 nitrogen and oxygen atoms in total. The van der Waals surface area contributed by atoms with E-state index in [0.29, 0.717) is 17.6 Å². The van der Waals surface area contributed by atoms with Crippen LogP contribution in [0, 0.1) is 17.3 Å². The lowest BCUT2D eigenvalue weighted by atomic mass is 9.57. The van der Waals surface area contributed by atoms with Gasteiger partial charge in [-0.1, -0.05) is 60.3 Å². The van der Waals surface area contributed by atoms with Gasteiger partial charge in [0, 0.05) is 25.9 Å². The van der Waals surface area contributed by atoms with Crippen molar-refractivity contribution in [3.05, 3.63) is 0 Å². The zero-order valence-electron chi connectivity index (χ0n) is 19.8. The Bertz CT molecular complexity index is 533. The van der Waals surface area contributed by atoms with E-state index in [0.717, 1.165) is 37.8 Å². The molecule has 2 saturated carbocycles. The standard InChI is InChI=1S/C17H30N2O.C8H16O/c1-4-5-8-16(2,3)14-9-17(10-14)12-18-15(20)19(17)11-13-6-7-13;1-3-5-6-7-8(9)4-2/h13-14H,4-12H2,1-3H3,(H,18,20);3-7H2,1-2H3. The predicted octanol–water partition coefficient (Wildman–Crippen LogP) is 6.33. The van der Waals surface area contributed by atoms with E-state index in [9.17, 15) is 9.59 Å². The lowest BCUT2D eigenvalue weighted by molar-refractivity contribution is -0.118. The van der Waals surface area contributed by atoms with Crippen LogP contribution in [0.2, 0.25) is 0 Å². The lowest BCUT2D eigenvalue weighted by Crippen LogP contribution is -2.59. The first-order chi connectivity index (χ1) is 13.8. The average molecular weight is 407 g/mol. The SMILES string of the molecule is CCCCC(C)(C)C1CC2(CNC(=O)N2CC2CC2)C1.CCCCCC(=O)CC. The molecule has 0 unspecified atom stereocenters. The van der Waals surface area contributed by atoms with Gasteiger partial charge in [-0.2, -0.15) is 0 Å². The fourth-order valence-corrected chi connectivity index (χ4v) is 4.84. The topological polar surface area (TPSA) is 49.4 Å². The molecule has 0 aromatic heterocycles. The molecule has 0 bridgehead atoms. The Labute approximate surface area is 179 Å². The van der Waals surface area contributed by atoms with Gasteiger partial charge in [-0.15, -0.1) is 0 Å². The third kappa shape index (κ3) is 6.72. The van der Waals surface area contributed by atoms with Crippen molar-refractivity contribution in [2.45, 2.75) is 117 Å². The second-order valence-electron chi connectivity index (χ2n) is 10.5. The van der Waals surface area contributed by atoms with Crippen LogP contribution in [0.3, 0.4) is 0 Å². The summed E-state index contributed by atoms with van der Waals surface area (Å²) in [5.74, 6) is 2.00. The van der Waals surface area contributed by atoms with E-state index < -0.39 is 0 Å². The Balaban J connectivity index is 0.000000284. The smallest absolute Gasteiger partial charge is 0.318 e. The van der Waals surface area contributed by atoms with Crippen molar-refractivity contribution in [1.82, 2.24) is 10.2 Å². The number of carbonyl (C=O) groups excluding carboxylic acids is 2. The van der Waals surface area contributed by atoms with E-state index in [1.807, 2.05) is 6.92 Å². The molecular weight excluding hydrogens is 360 g/mol. The zero-order chi connectivity index (χ0) is 21.5. The molecule has 3 rings (SSSR count). The molecule has 0 aromatic rings. The molecule has 1 spiro atoms. The minimum atomic E-state index is 0.174. The molecule has 1 saturated heterocycles. The van der Waals surface area contributed by atoms with Gasteiger partial charge in [0.2, 0.25) is 0 Å². The third-order valence-electron chi connectivity index (χ3n) is 7.51. The van der Waals surface area contributed by atoms with Gasteiger partial charge in [0.25, 0.3) is 0 Å². The molecule has 2 amide bonds. The second-order valence-corrected chi connectivity index (χ2v) is 10.5. The van der Waals surface area contributed by atoms with Crippen LogP contribution in [-0.4, -0.2) is 35.3 Å². The summed E-state index contributed by atoms with van der Waals surface area (Å²) in [4.78, 5) is 25.0. The number of amides is 2. The molecular formula is C25H46N2O2. The second kappa shape index (κ2) is 10.8. The van der Waals surface area contributed by atoms with Crippen molar-refractivity contribution in [2.24, 2.45) is 17.3 Å². The minimum absolute atomic E-state index is 0.174. The summed E-state index contributed by atoms with van der Waals surface area (Å²) < 4.78 is 0. The Kier molecular flexibility index (Phi) is 9.03. The summed E-state index contributed by atoms with van der Waals surface area (Å²) in [7, 11) is 0. The van der Waals surface area contributed by atoms with Gasteiger partial charge >= 0.3 is 6.03 Å². The number of urea groups is 1. The first-order valence-corrected chi connectivity index (χ1v) is 12.3. The third-order valence-corrected chi connectivity index (χ3v) is 7.51. The van der Waals surface area contributed by atoms with Gasteiger partial charge in [-0.05, 0) is 55.8 Å². The van der Waals surface area contributed by atoms with Crippen molar-refractivity contribution in [3.63, 3.8) is 0 Å². The predicted molar refractivity (Wildman–Crippen MR) is 121 cm³/mol. The van der Waals surface area contributed by atoms with Crippen LogP contribution in [0.5, 0.6) is 0 Å². The quantitative estimate of drug-likeness (QED) is 0.407. The van der Waals surface area contributed by atoms with Crippen molar-refractivity contribution in [1.29, 1.82) is 0 Å². The number of nitrogens with zero attached hydrogens (tertiary/aromatic N) is 1. The first kappa shape index (κ1) is 24.2. The van der Waals surface area contributed by atoms with Crippen LogP contribution in [0.15, 0.2) is 0 Å². The van der Waals surface area contributed by atoms with Crippen LogP contribution in [-0.2, 0) is 4.79 Å². The average Bonchev–Trinajstić information content (AvgIpc) is 3.42. The number of carbonyl (C=O) groups is 2. The molecule has 0 radical (unpaired) electrons. The number of hydrogen-bond acceptors (Lipinski definition) is 2. The fourth-order valence-electron chi connectivity index (χ4n) is 4.84. The maximum Gasteiger partial charge on any atom is 0.318 e. The van der Waals surface area contributed by atoms with E-state index in [4.69, 9.17) is 0 Å². The summed E-state index contributed by atoms with van der Waals surface area (Å²) in [6.07, 6.45) is 14.0. The molecule has 29 heavy (non-hydrogen) atoms. The maximum absolute atomic E-state index is 12.1. The summed E-state index contributed by atoms with van der Waals surface area (Å²) >= 11 is 0. The number of hydrogen-bond donors (Lipinski definition) is 1. The van der Waals surface area contributed by atoms with Crippen LogP contribution >= 0.6 is 0 Å². The largest absolute Gasteiger partial charge is 0.336 e. The van der Waals surface area contributed by atoms with Crippen LogP contribution in [0.1, 0.15) is 112 Å². The van der Waals surface area contributed by atoms with Gasteiger partial charge < -0.3 is 10.2 Å². The van der Waals surface area contributed by atoms with Crippen molar-refractivity contribution >= 4 is 11.8 Å². The number of Topliss-reactive ketones (excluding diaryl/α,β-unsaturated/α-hetero) is 1. The Hall–Kier alpha value is -1.06. The molecule has 1 N–H and O–H groups in total. The number of unbranched alkanes of at least 4 members (excludes halogenated alkanes) is 3. The summed E-state index contributed by atoms with van der Waals surface area (Å²) in [5.41, 5.74) is 0.617. The van der Waals surface area contributed by atoms with Crippen LogP contribution < -0.4 is 5.32 Å². The molecule has 3 fully saturated rings. The van der Waals surface area contributed by atoms with Crippen molar-refractivity contribution < 1.29 is 9.59 Å². The van der Waals surface area contributed by atoms with E-state index in [-0.39, 0.29) is 11.6 Å². The van der Waals surface area contributed by atoms with Gasteiger partial charge in [-0.25, -0.2) is 4.79 Å². The molecule has 168 valence electrons. The molecule has 4 heteroatoms. The zero-order valence-corrected chi connectivity index (χ0v) is 19.8. The maximum atomic E-state index is 12.1. The van der Waals surface area contributed by atoms with E-state index in [2.05, 4.69) is 37.9 Å². The van der Waals surface area contributed by atoms with Crippen molar-refractivity contribution in [3.8, 4) is 0 Å². The van der Waals surface area contributed by atoms with Crippen LogP contribution in [0.25, 0.3) is 0 Å². The first-order valence-electron chi connectivity index (χ1n) is 12.3. The Morgan fingerprint density at radius 1 is 1.10 bits per heavy atom. The Morgan fingerprint density at radius 2 is 1.76 bits per heavy atom. The normalized spacial score (nSPS) is 26.0. The van der Waals surface area contributed by atoms with Crippen LogP contribution in [0.4, 0.5) is 4.79 Å². The van der Waals surface area contributed by atoms with Gasteiger partial charge in [-0.3, -0.25) is 4.79 Å². The molecule has 0 aromatic carbocycles. The minimum Gasteiger partial charge on any atom is -0.336 e. The van der Waals surface area contributed by atoms with Gasteiger partial charge in [0.05, 0.1) is 5.54 Å². The molecule has 0 atom stereocenters. The molecule has 1 aliphatic heterocycles.